The van der Waals surface area contributed by atoms with Crippen molar-refractivity contribution >= 4 is 40.4 Å². The van der Waals surface area contributed by atoms with Gasteiger partial charge < -0.3 is 29.6 Å². The van der Waals surface area contributed by atoms with Crippen molar-refractivity contribution in [2.75, 3.05) is 18.4 Å². The maximum Gasteiger partial charge on any atom is 0.410 e. The first-order valence-corrected chi connectivity index (χ1v) is 11.8. The Balaban J connectivity index is 1.36. The average Bonchev–Trinajstić information content (AvgIpc) is 3.16. The molecular formula is C24H29ClN6O4. The second-order valence-corrected chi connectivity index (χ2v) is 9.85. The van der Waals surface area contributed by atoms with Gasteiger partial charge in [-0.3, -0.25) is 0 Å². The number of hydrogen-bond acceptors (Lipinski definition) is 6. The Bertz CT molecular complexity index is 1240. The SMILES string of the molecule is Cn1ccc2ncnc(Oc3ccc(NC(=O)NC4CCCN(C(=O)OC(C)(C)C)C4)c(Cl)c3)c21. The molecule has 3 aromatic rings. The molecule has 11 heteroatoms. The van der Waals surface area contributed by atoms with E-state index in [4.69, 9.17) is 21.1 Å². The van der Waals surface area contributed by atoms with Crippen molar-refractivity contribution in [1.29, 1.82) is 0 Å². The van der Waals surface area contributed by atoms with Crippen LogP contribution in [0.2, 0.25) is 5.02 Å². The molecule has 2 aromatic heterocycles. The molecule has 1 aliphatic rings. The van der Waals surface area contributed by atoms with Crippen molar-refractivity contribution in [2.45, 2.75) is 45.3 Å². The van der Waals surface area contributed by atoms with E-state index in [1.165, 1.54) is 6.33 Å². The normalized spacial score (nSPS) is 16.1. The monoisotopic (exact) mass is 500 g/mol. The molecule has 186 valence electrons. The summed E-state index contributed by atoms with van der Waals surface area (Å²) in [7, 11) is 1.89. The lowest BCUT2D eigenvalue weighted by Crippen LogP contribution is -2.51. The molecule has 1 unspecified atom stereocenters. The number of nitrogens with zero attached hydrogens (tertiary/aromatic N) is 4. The zero-order chi connectivity index (χ0) is 25.2. The van der Waals surface area contributed by atoms with Crippen molar-refractivity contribution in [3.05, 3.63) is 41.8 Å². The third kappa shape index (κ3) is 6.13. The van der Waals surface area contributed by atoms with Crippen LogP contribution in [0.4, 0.5) is 15.3 Å². The van der Waals surface area contributed by atoms with Crippen molar-refractivity contribution in [3.8, 4) is 11.6 Å². The fraction of sp³-hybridized carbons (Fsp3) is 0.417. The predicted octanol–water partition coefficient (Wildman–Crippen LogP) is 4.94. The Kier molecular flexibility index (Phi) is 7.02. The number of anilines is 1. The van der Waals surface area contributed by atoms with Gasteiger partial charge in [-0.1, -0.05) is 11.6 Å². The summed E-state index contributed by atoms with van der Waals surface area (Å²) in [5.41, 5.74) is 1.40. The van der Waals surface area contributed by atoms with Crippen LogP contribution in [-0.2, 0) is 11.8 Å². The molecule has 0 radical (unpaired) electrons. The summed E-state index contributed by atoms with van der Waals surface area (Å²) in [5, 5.41) is 5.99. The highest BCUT2D eigenvalue weighted by molar-refractivity contribution is 6.33. The van der Waals surface area contributed by atoms with Crippen LogP contribution in [0.15, 0.2) is 36.8 Å². The molecule has 1 aromatic carbocycles. The highest BCUT2D eigenvalue weighted by Gasteiger charge is 2.28. The number of halogens is 1. The summed E-state index contributed by atoms with van der Waals surface area (Å²) in [4.78, 5) is 35.0. The number of ether oxygens (including phenoxy) is 2. The van der Waals surface area contributed by atoms with Crippen molar-refractivity contribution in [1.82, 2.24) is 24.8 Å². The Morgan fingerprint density at radius 3 is 2.74 bits per heavy atom. The van der Waals surface area contributed by atoms with Gasteiger partial charge in [0.2, 0.25) is 5.88 Å². The van der Waals surface area contributed by atoms with Crippen molar-refractivity contribution < 1.29 is 19.1 Å². The van der Waals surface area contributed by atoms with Crippen molar-refractivity contribution in [3.63, 3.8) is 0 Å². The van der Waals surface area contributed by atoms with Gasteiger partial charge in [-0.05, 0) is 51.8 Å². The number of likely N-dealkylation sites (tertiary alicyclic amines) is 1. The van der Waals surface area contributed by atoms with Gasteiger partial charge in [0.25, 0.3) is 0 Å². The standard InChI is InChI=1S/C24H29ClN6O4/c1-24(2,3)35-23(33)31-10-5-6-15(13-31)28-22(32)29-18-8-7-16(12-17(18)25)34-21-20-19(26-14-27-21)9-11-30(20)4/h7-9,11-12,14-15H,5-6,10,13H2,1-4H3,(H2,28,29,32). The van der Waals surface area contributed by atoms with Gasteiger partial charge in [-0.15, -0.1) is 0 Å². The first kappa shape index (κ1) is 24.6. The number of carbonyl (C=O) groups excluding carboxylic acids is 2. The number of amides is 3. The predicted molar refractivity (Wildman–Crippen MR) is 133 cm³/mol. The zero-order valence-corrected chi connectivity index (χ0v) is 20.9. The molecule has 1 atom stereocenters. The van der Waals surface area contributed by atoms with Crippen LogP contribution in [0.25, 0.3) is 11.0 Å². The molecular weight excluding hydrogens is 472 g/mol. The molecule has 1 aliphatic heterocycles. The quantitative estimate of drug-likeness (QED) is 0.525. The molecule has 1 fully saturated rings. The number of aryl methyl sites for hydroxylation is 1. The lowest BCUT2D eigenvalue weighted by atomic mass is 10.1. The van der Waals surface area contributed by atoms with Gasteiger partial charge in [0.15, 0.2) is 0 Å². The summed E-state index contributed by atoms with van der Waals surface area (Å²) in [6, 6.07) is 6.25. The van der Waals surface area contributed by atoms with Crippen molar-refractivity contribution in [2.24, 2.45) is 7.05 Å². The molecule has 3 heterocycles. The van der Waals surface area contributed by atoms with Crippen LogP contribution < -0.4 is 15.4 Å². The van der Waals surface area contributed by atoms with Crippen LogP contribution in [-0.4, -0.2) is 56.3 Å². The smallest absolute Gasteiger partial charge is 0.410 e. The van der Waals surface area contributed by atoms with E-state index in [2.05, 4.69) is 20.6 Å². The lowest BCUT2D eigenvalue weighted by Gasteiger charge is -2.34. The Morgan fingerprint density at radius 1 is 1.20 bits per heavy atom. The highest BCUT2D eigenvalue weighted by Crippen LogP contribution is 2.31. The van der Waals surface area contributed by atoms with Crippen LogP contribution in [0.5, 0.6) is 11.6 Å². The van der Waals surface area contributed by atoms with Gasteiger partial charge in [0.05, 0.1) is 16.2 Å². The third-order valence-electron chi connectivity index (χ3n) is 5.44. The maximum absolute atomic E-state index is 12.6. The van der Waals surface area contributed by atoms with E-state index in [9.17, 15) is 9.59 Å². The van der Waals surface area contributed by atoms with Crippen LogP contribution in [0.3, 0.4) is 0 Å². The summed E-state index contributed by atoms with van der Waals surface area (Å²) >= 11 is 6.41. The fourth-order valence-electron chi connectivity index (χ4n) is 3.86. The van der Waals surface area contributed by atoms with Crippen LogP contribution in [0, 0.1) is 0 Å². The highest BCUT2D eigenvalue weighted by atomic mass is 35.5. The molecule has 2 N–H and O–H groups in total. The molecule has 1 saturated heterocycles. The third-order valence-corrected chi connectivity index (χ3v) is 5.75. The van der Waals surface area contributed by atoms with Crippen LogP contribution >= 0.6 is 11.6 Å². The zero-order valence-electron chi connectivity index (χ0n) is 20.2. The lowest BCUT2D eigenvalue weighted by molar-refractivity contribution is 0.0191. The molecule has 0 saturated carbocycles. The van der Waals surface area contributed by atoms with E-state index in [-0.39, 0.29) is 12.1 Å². The van der Waals surface area contributed by atoms with E-state index in [1.54, 1.807) is 23.1 Å². The topological polar surface area (TPSA) is 111 Å². The van der Waals surface area contributed by atoms with Gasteiger partial charge in [-0.2, -0.15) is 4.98 Å². The Morgan fingerprint density at radius 2 is 2.00 bits per heavy atom. The van der Waals surface area contributed by atoms with Gasteiger partial charge >= 0.3 is 12.1 Å². The number of aromatic nitrogens is 3. The number of rotatable bonds is 4. The number of carbonyl (C=O) groups is 2. The first-order chi connectivity index (χ1) is 16.6. The minimum absolute atomic E-state index is 0.192. The number of nitrogens with one attached hydrogen (secondary N) is 2. The number of benzene rings is 1. The Hall–Kier alpha value is -3.53. The summed E-state index contributed by atoms with van der Waals surface area (Å²) in [5.74, 6) is 0.881. The van der Waals surface area contributed by atoms with E-state index in [0.717, 1.165) is 23.9 Å². The van der Waals surface area contributed by atoms with E-state index in [0.29, 0.717) is 35.4 Å². The van der Waals surface area contributed by atoms with Gasteiger partial charge in [-0.25, -0.2) is 14.6 Å². The minimum atomic E-state index is -0.568. The van der Waals surface area contributed by atoms with E-state index < -0.39 is 11.6 Å². The summed E-state index contributed by atoms with van der Waals surface area (Å²) in [6.45, 7) is 6.47. The van der Waals surface area contributed by atoms with E-state index in [1.807, 2.05) is 44.6 Å². The molecule has 0 bridgehead atoms. The summed E-state index contributed by atoms with van der Waals surface area (Å²) < 4.78 is 13.2. The van der Waals surface area contributed by atoms with Gasteiger partial charge in [0, 0.05) is 38.4 Å². The number of fused-ring (bicyclic) bond motifs is 1. The molecule has 4 rings (SSSR count). The van der Waals surface area contributed by atoms with Gasteiger partial charge in [0.1, 0.15) is 23.2 Å². The maximum atomic E-state index is 12.6. The minimum Gasteiger partial charge on any atom is -0.444 e. The average molecular weight is 501 g/mol. The second kappa shape index (κ2) is 9.99. The molecule has 35 heavy (non-hydrogen) atoms. The number of hydrogen-bond donors (Lipinski definition) is 2. The van der Waals surface area contributed by atoms with Crippen LogP contribution in [0.1, 0.15) is 33.6 Å². The second-order valence-electron chi connectivity index (χ2n) is 9.45. The van der Waals surface area contributed by atoms with E-state index >= 15 is 0 Å². The first-order valence-electron chi connectivity index (χ1n) is 11.4. The largest absolute Gasteiger partial charge is 0.444 e. The molecule has 0 aliphatic carbocycles. The number of piperidine rings is 1. The number of urea groups is 1. The Labute approximate surface area is 208 Å². The molecule has 3 amide bonds. The fourth-order valence-corrected chi connectivity index (χ4v) is 4.08. The molecule has 10 nitrogen and oxygen atoms in total. The molecule has 0 spiro atoms. The summed E-state index contributed by atoms with van der Waals surface area (Å²) in [6.07, 6.45) is 4.48.